The van der Waals surface area contributed by atoms with E-state index in [1.54, 1.807) is 38.4 Å². The van der Waals surface area contributed by atoms with Crippen molar-refractivity contribution < 1.29 is 18.3 Å². The van der Waals surface area contributed by atoms with Gasteiger partial charge in [-0.1, -0.05) is 11.6 Å². The number of hydrogen-bond donors (Lipinski definition) is 0. The van der Waals surface area contributed by atoms with Crippen molar-refractivity contribution in [1.82, 2.24) is 19.9 Å². The summed E-state index contributed by atoms with van der Waals surface area (Å²) in [6.07, 6.45) is 6.25. The summed E-state index contributed by atoms with van der Waals surface area (Å²) in [5.41, 5.74) is 3.63. The van der Waals surface area contributed by atoms with E-state index in [0.717, 1.165) is 17.4 Å². The summed E-state index contributed by atoms with van der Waals surface area (Å²) in [4.78, 5) is 29.8. The van der Waals surface area contributed by atoms with Gasteiger partial charge in [0.2, 0.25) is 0 Å². The average Bonchev–Trinajstić information content (AvgIpc) is 2.81. The van der Waals surface area contributed by atoms with Crippen molar-refractivity contribution in [3.63, 3.8) is 0 Å². The Balaban J connectivity index is 1.89. The molecule has 3 rings (SSSR count). The number of rotatable bonds is 8. The van der Waals surface area contributed by atoms with E-state index < -0.39 is 11.6 Å². The van der Waals surface area contributed by atoms with Gasteiger partial charge in [0.1, 0.15) is 34.7 Å². The summed E-state index contributed by atoms with van der Waals surface area (Å²) in [5.74, 6) is -1.01. The topological polar surface area (TPSA) is 81.1 Å². The van der Waals surface area contributed by atoms with Crippen LogP contribution >= 0.6 is 11.6 Å². The lowest BCUT2D eigenvalue weighted by Crippen LogP contribution is -2.16. The minimum atomic E-state index is -0.862. The number of nitrogens with zero attached hydrogens (tertiary/aromatic N) is 5. The molecule has 0 fully saturated rings. The molecule has 0 atom stereocenters. The molecule has 7 nitrogen and oxygen atoms in total. The molecule has 0 saturated heterocycles. The maximum Gasteiger partial charge on any atom is 0.165 e. The first kappa shape index (κ1) is 24.9. The second-order valence-corrected chi connectivity index (χ2v) is 7.80. The number of hydrogen-bond acceptors (Lipinski definition) is 7. The van der Waals surface area contributed by atoms with Gasteiger partial charge in [-0.05, 0) is 38.5 Å². The lowest BCUT2D eigenvalue weighted by Gasteiger charge is -2.23. The third-order valence-corrected chi connectivity index (χ3v) is 5.21. The SMILES string of the molecule is C/C(=C/C(OCc1ncc(F)cc1F)=C(/Cl)C=O)N(C)c1cc(-c2ccnc(C)n2)ncc1C. The summed E-state index contributed by atoms with van der Waals surface area (Å²) in [6, 6.07) is 4.37. The Morgan fingerprint density at radius 1 is 1.15 bits per heavy atom. The zero-order valence-corrected chi connectivity index (χ0v) is 19.8. The molecule has 0 amide bonds. The monoisotopic (exact) mass is 485 g/mol. The molecule has 3 heterocycles. The molecule has 0 aliphatic rings. The molecule has 3 aromatic heterocycles. The van der Waals surface area contributed by atoms with Gasteiger partial charge in [-0.3, -0.25) is 14.8 Å². The third kappa shape index (κ3) is 5.99. The molecule has 0 bridgehead atoms. The Hall–Kier alpha value is -3.72. The minimum absolute atomic E-state index is 0.0184. The van der Waals surface area contributed by atoms with Gasteiger partial charge < -0.3 is 9.64 Å². The zero-order valence-electron chi connectivity index (χ0n) is 19.0. The number of ether oxygens (including phenoxy) is 1. The van der Waals surface area contributed by atoms with Crippen LogP contribution in [0.3, 0.4) is 0 Å². The Bertz CT molecular complexity index is 1280. The van der Waals surface area contributed by atoms with Crippen molar-refractivity contribution in [1.29, 1.82) is 0 Å². The number of anilines is 1. The quantitative estimate of drug-likeness (QED) is 0.191. The van der Waals surface area contributed by atoms with Crippen LogP contribution in [0.4, 0.5) is 14.5 Å². The highest BCUT2D eigenvalue weighted by Crippen LogP contribution is 2.27. The fourth-order valence-electron chi connectivity index (χ4n) is 3.02. The van der Waals surface area contributed by atoms with Crippen molar-refractivity contribution in [2.75, 3.05) is 11.9 Å². The number of allylic oxidation sites excluding steroid dienone is 3. The second-order valence-electron chi connectivity index (χ2n) is 7.39. The molecule has 0 N–H and O–H groups in total. The standard InChI is InChI=1S/C24H22ClF2N5O2/c1-14-10-29-21(20-5-6-28-16(3)31-20)9-23(14)32(4)15(2)7-24(18(25)12-33)34-13-22-19(27)8-17(26)11-30-22/h5-12H,13H2,1-4H3/b15-7-,24-18-. The van der Waals surface area contributed by atoms with Crippen molar-refractivity contribution >= 4 is 23.6 Å². The predicted octanol–water partition coefficient (Wildman–Crippen LogP) is 5.03. The molecule has 0 aromatic carbocycles. The van der Waals surface area contributed by atoms with Crippen LogP contribution in [0.2, 0.25) is 0 Å². The highest BCUT2D eigenvalue weighted by molar-refractivity contribution is 6.39. The summed E-state index contributed by atoms with van der Waals surface area (Å²) in [7, 11) is 1.83. The van der Waals surface area contributed by atoms with Gasteiger partial charge in [-0.15, -0.1) is 0 Å². The van der Waals surface area contributed by atoms with Crippen molar-refractivity contribution in [3.05, 3.63) is 88.1 Å². The number of carbonyl (C=O) groups is 1. The first-order valence-corrected chi connectivity index (χ1v) is 10.5. The van der Waals surface area contributed by atoms with Gasteiger partial charge in [-0.25, -0.2) is 18.7 Å². The normalized spacial score (nSPS) is 12.3. The molecule has 3 aromatic rings. The summed E-state index contributed by atoms with van der Waals surface area (Å²) in [5, 5.41) is -0.209. The largest absolute Gasteiger partial charge is 0.485 e. The lowest BCUT2D eigenvalue weighted by molar-refractivity contribution is -0.104. The molecule has 0 spiro atoms. The maximum absolute atomic E-state index is 13.9. The van der Waals surface area contributed by atoms with E-state index >= 15 is 0 Å². The number of aryl methyl sites for hydroxylation is 2. The number of halogens is 3. The minimum Gasteiger partial charge on any atom is -0.485 e. The fraction of sp³-hybridized carbons (Fsp3) is 0.208. The molecule has 176 valence electrons. The number of aldehydes is 1. The molecular weight excluding hydrogens is 464 g/mol. The van der Waals surface area contributed by atoms with Crippen LogP contribution in [0, 0.1) is 25.5 Å². The summed E-state index contributed by atoms with van der Waals surface area (Å²) >= 11 is 6.03. The lowest BCUT2D eigenvalue weighted by atomic mass is 10.1. The van der Waals surface area contributed by atoms with Crippen molar-refractivity contribution in [2.24, 2.45) is 0 Å². The molecule has 0 saturated carbocycles. The maximum atomic E-state index is 13.9. The van der Waals surface area contributed by atoms with Gasteiger partial charge in [0.25, 0.3) is 0 Å². The van der Waals surface area contributed by atoms with E-state index in [1.807, 2.05) is 24.9 Å². The molecule has 10 heteroatoms. The third-order valence-electron chi connectivity index (χ3n) is 4.93. The second kappa shape index (κ2) is 10.9. The van der Waals surface area contributed by atoms with E-state index in [1.165, 1.54) is 0 Å². The van der Waals surface area contributed by atoms with E-state index in [0.29, 0.717) is 35.3 Å². The van der Waals surface area contributed by atoms with Crippen LogP contribution in [0.1, 0.15) is 24.0 Å². The molecular formula is C24H22ClF2N5O2. The van der Waals surface area contributed by atoms with Crippen LogP contribution < -0.4 is 4.90 Å². The number of aromatic nitrogens is 4. The van der Waals surface area contributed by atoms with E-state index in [-0.39, 0.29) is 23.1 Å². The summed E-state index contributed by atoms with van der Waals surface area (Å²) in [6.45, 7) is 5.17. The summed E-state index contributed by atoms with van der Waals surface area (Å²) < 4.78 is 32.6. The first-order chi connectivity index (χ1) is 16.2. The molecule has 0 radical (unpaired) electrons. The molecule has 34 heavy (non-hydrogen) atoms. The van der Waals surface area contributed by atoms with Crippen LogP contribution in [0.25, 0.3) is 11.4 Å². The van der Waals surface area contributed by atoms with Crippen molar-refractivity contribution in [2.45, 2.75) is 27.4 Å². The Kier molecular flexibility index (Phi) is 8.01. The zero-order chi connectivity index (χ0) is 24.8. The Morgan fingerprint density at radius 3 is 2.59 bits per heavy atom. The molecule has 0 aliphatic carbocycles. The van der Waals surface area contributed by atoms with Crippen LogP contribution in [0.15, 0.2) is 59.4 Å². The van der Waals surface area contributed by atoms with Crippen LogP contribution in [-0.4, -0.2) is 33.3 Å². The Labute approximate surface area is 200 Å². The van der Waals surface area contributed by atoms with E-state index in [2.05, 4.69) is 19.9 Å². The number of pyridine rings is 2. The molecule has 0 aliphatic heterocycles. The average molecular weight is 486 g/mol. The van der Waals surface area contributed by atoms with Gasteiger partial charge in [-0.2, -0.15) is 0 Å². The highest BCUT2D eigenvalue weighted by atomic mass is 35.5. The van der Waals surface area contributed by atoms with Gasteiger partial charge >= 0.3 is 0 Å². The van der Waals surface area contributed by atoms with Gasteiger partial charge in [0, 0.05) is 43.0 Å². The van der Waals surface area contributed by atoms with Crippen LogP contribution in [0.5, 0.6) is 0 Å². The fourth-order valence-corrected chi connectivity index (χ4v) is 3.13. The molecule has 0 unspecified atom stereocenters. The van der Waals surface area contributed by atoms with Crippen LogP contribution in [-0.2, 0) is 16.1 Å². The van der Waals surface area contributed by atoms with E-state index in [9.17, 15) is 13.6 Å². The van der Waals surface area contributed by atoms with Gasteiger partial charge in [0.15, 0.2) is 12.1 Å². The predicted molar refractivity (Wildman–Crippen MR) is 125 cm³/mol. The Morgan fingerprint density at radius 2 is 1.91 bits per heavy atom. The van der Waals surface area contributed by atoms with Gasteiger partial charge in [0.05, 0.1) is 17.6 Å². The van der Waals surface area contributed by atoms with E-state index in [4.69, 9.17) is 16.3 Å². The number of carbonyl (C=O) groups excluding carboxylic acids is 1. The highest BCUT2D eigenvalue weighted by Gasteiger charge is 2.14. The first-order valence-electron chi connectivity index (χ1n) is 10.2. The smallest absolute Gasteiger partial charge is 0.165 e. The van der Waals surface area contributed by atoms with Crippen molar-refractivity contribution in [3.8, 4) is 11.4 Å².